The van der Waals surface area contributed by atoms with Crippen LogP contribution in [0.1, 0.15) is 31.7 Å². The fourth-order valence-electron chi connectivity index (χ4n) is 2.88. The van der Waals surface area contributed by atoms with Gasteiger partial charge < -0.3 is 9.88 Å². The number of aromatic nitrogens is 1. The Morgan fingerprint density at radius 3 is 2.90 bits per heavy atom. The first-order valence-corrected chi connectivity index (χ1v) is 7.47. The van der Waals surface area contributed by atoms with Crippen molar-refractivity contribution < 1.29 is 4.79 Å². The Morgan fingerprint density at radius 1 is 1.40 bits per heavy atom. The van der Waals surface area contributed by atoms with Crippen molar-refractivity contribution in [3.63, 3.8) is 0 Å². The Balaban J connectivity index is 1.62. The van der Waals surface area contributed by atoms with Crippen LogP contribution >= 0.6 is 0 Å². The molecule has 1 heterocycles. The first-order valence-electron chi connectivity index (χ1n) is 7.47. The van der Waals surface area contributed by atoms with Gasteiger partial charge in [-0.25, -0.2) is 0 Å². The molecule has 3 nitrogen and oxygen atoms in total. The maximum atomic E-state index is 12.3. The van der Waals surface area contributed by atoms with Crippen molar-refractivity contribution in [1.82, 2.24) is 9.88 Å². The second-order valence-corrected chi connectivity index (χ2v) is 5.94. The summed E-state index contributed by atoms with van der Waals surface area (Å²) in [6.45, 7) is 2.17. The second-order valence-electron chi connectivity index (χ2n) is 5.94. The number of aromatic amines is 1. The molecule has 0 radical (unpaired) electrons. The Hall–Kier alpha value is -1.77. The van der Waals surface area contributed by atoms with Crippen molar-refractivity contribution in [1.29, 1.82) is 0 Å². The first kappa shape index (κ1) is 13.2. The molecule has 0 aliphatic heterocycles. The van der Waals surface area contributed by atoms with Crippen LogP contribution in [0.5, 0.6) is 0 Å². The van der Waals surface area contributed by atoms with E-state index in [-0.39, 0.29) is 5.91 Å². The summed E-state index contributed by atoms with van der Waals surface area (Å²) in [5, 5.41) is 1.23. The zero-order valence-electron chi connectivity index (χ0n) is 12.2. The van der Waals surface area contributed by atoms with E-state index in [0.29, 0.717) is 12.5 Å². The quantitative estimate of drug-likeness (QED) is 0.888. The number of hydrogen-bond acceptors (Lipinski definition) is 1. The van der Waals surface area contributed by atoms with E-state index in [1.165, 1.54) is 23.8 Å². The normalized spacial score (nSPS) is 16.3. The lowest BCUT2D eigenvalue weighted by atomic mass is 10.1. The largest absolute Gasteiger partial charge is 0.361 e. The predicted molar refractivity (Wildman–Crippen MR) is 81.6 cm³/mol. The Morgan fingerprint density at radius 2 is 2.15 bits per heavy atom. The van der Waals surface area contributed by atoms with Crippen molar-refractivity contribution in [2.45, 2.75) is 38.6 Å². The van der Waals surface area contributed by atoms with E-state index in [4.69, 9.17) is 0 Å². The number of aryl methyl sites for hydroxylation is 1. The van der Waals surface area contributed by atoms with Gasteiger partial charge >= 0.3 is 0 Å². The highest BCUT2D eigenvalue weighted by Crippen LogP contribution is 2.34. The number of nitrogens with zero attached hydrogens (tertiary/aromatic N) is 1. The molecule has 1 aliphatic carbocycles. The number of fused-ring (bicyclic) bond motifs is 1. The molecule has 3 rings (SSSR count). The molecule has 1 aromatic heterocycles. The molecule has 0 saturated heterocycles. The lowest BCUT2D eigenvalue weighted by molar-refractivity contribution is -0.132. The van der Waals surface area contributed by atoms with Crippen LogP contribution in [0.3, 0.4) is 0 Å². The molecule has 2 aromatic rings. The van der Waals surface area contributed by atoms with E-state index < -0.39 is 0 Å². The lowest BCUT2D eigenvalue weighted by Gasteiger charge is -2.24. The van der Waals surface area contributed by atoms with Crippen LogP contribution in [0, 0.1) is 5.92 Å². The third kappa shape index (κ3) is 2.58. The SMILES string of the molecule is CC(C1CC1)N(C)C(=O)CCc1c[nH]c2ccccc12. The van der Waals surface area contributed by atoms with Gasteiger partial charge in [0.2, 0.25) is 5.91 Å². The maximum Gasteiger partial charge on any atom is 0.222 e. The average Bonchev–Trinajstić information content (AvgIpc) is 3.24. The number of hydrogen-bond donors (Lipinski definition) is 1. The minimum atomic E-state index is 0.259. The number of para-hydroxylation sites is 1. The van der Waals surface area contributed by atoms with Gasteiger partial charge in [0, 0.05) is 36.6 Å². The van der Waals surface area contributed by atoms with Gasteiger partial charge in [0.15, 0.2) is 0 Å². The monoisotopic (exact) mass is 270 g/mol. The van der Waals surface area contributed by atoms with Crippen molar-refractivity contribution in [3.8, 4) is 0 Å². The molecule has 1 unspecified atom stereocenters. The molecule has 1 saturated carbocycles. The molecule has 1 fully saturated rings. The van der Waals surface area contributed by atoms with Crippen LogP contribution in [0.4, 0.5) is 0 Å². The summed E-state index contributed by atoms with van der Waals surface area (Å²) in [4.78, 5) is 17.5. The molecule has 1 aromatic carbocycles. The Kier molecular flexibility index (Phi) is 3.51. The van der Waals surface area contributed by atoms with Crippen LogP contribution in [0.15, 0.2) is 30.5 Å². The minimum Gasteiger partial charge on any atom is -0.361 e. The highest BCUT2D eigenvalue weighted by molar-refractivity contribution is 5.84. The molecule has 20 heavy (non-hydrogen) atoms. The molecule has 3 heteroatoms. The predicted octanol–water partition coefficient (Wildman–Crippen LogP) is 3.36. The molecular weight excluding hydrogens is 248 g/mol. The zero-order valence-corrected chi connectivity index (χ0v) is 12.2. The van der Waals surface area contributed by atoms with Crippen molar-refractivity contribution in [2.24, 2.45) is 5.92 Å². The van der Waals surface area contributed by atoms with E-state index in [1.807, 2.05) is 30.3 Å². The summed E-state index contributed by atoms with van der Waals surface area (Å²) in [5.41, 5.74) is 2.39. The molecule has 1 amide bonds. The topological polar surface area (TPSA) is 36.1 Å². The molecule has 0 spiro atoms. The fraction of sp³-hybridized carbons (Fsp3) is 0.471. The summed E-state index contributed by atoms with van der Waals surface area (Å²) >= 11 is 0. The van der Waals surface area contributed by atoms with Gasteiger partial charge in [-0.15, -0.1) is 0 Å². The lowest BCUT2D eigenvalue weighted by Crippen LogP contribution is -2.36. The summed E-state index contributed by atoms with van der Waals surface area (Å²) in [7, 11) is 1.94. The summed E-state index contributed by atoms with van der Waals surface area (Å²) < 4.78 is 0. The van der Waals surface area contributed by atoms with E-state index in [2.05, 4.69) is 24.0 Å². The summed E-state index contributed by atoms with van der Waals surface area (Å²) in [6, 6.07) is 8.65. The van der Waals surface area contributed by atoms with Gasteiger partial charge in [-0.3, -0.25) is 4.79 Å². The minimum absolute atomic E-state index is 0.259. The van der Waals surface area contributed by atoms with Gasteiger partial charge in [0.25, 0.3) is 0 Å². The van der Waals surface area contributed by atoms with Crippen molar-refractivity contribution >= 4 is 16.8 Å². The summed E-state index contributed by atoms with van der Waals surface area (Å²) in [5.74, 6) is 0.992. The van der Waals surface area contributed by atoms with Gasteiger partial charge in [-0.2, -0.15) is 0 Å². The van der Waals surface area contributed by atoms with Crippen LogP contribution in [0.25, 0.3) is 10.9 Å². The van der Waals surface area contributed by atoms with E-state index in [0.717, 1.165) is 17.9 Å². The molecule has 0 bridgehead atoms. The van der Waals surface area contributed by atoms with Gasteiger partial charge in [-0.05, 0) is 43.7 Å². The van der Waals surface area contributed by atoms with Gasteiger partial charge in [0.05, 0.1) is 0 Å². The second kappa shape index (κ2) is 5.31. The van der Waals surface area contributed by atoms with Gasteiger partial charge in [0.1, 0.15) is 0 Å². The molecule has 1 N–H and O–H groups in total. The van der Waals surface area contributed by atoms with Gasteiger partial charge in [-0.1, -0.05) is 18.2 Å². The van der Waals surface area contributed by atoms with Crippen LogP contribution < -0.4 is 0 Å². The number of carbonyl (C=O) groups is 1. The zero-order chi connectivity index (χ0) is 14.1. The smallest absolute Gasteiger partial charge is 0.222 e. The number of nitrogens with one attached hydrogen (secondary N) is 1. The molecule has 1 atom stereocenters. The number of H-pyrrole nitrogens is 1. The first-order chi connectivity index (χ1) is 9.66. The fourth-order valence-corrected chi connectivity index (χ4v) is 2.88. The van der Waals surface area contributed by atoms with E-state index >= 15 is 0 Å². The van der Waals surface area contributed by atoms with Crippen molar-refractivity contribution in [3.05, 3.63) is 36.0 Å². The maximum absolute atomic E-state index is 12.3. The highest BCUT2D eigenvalue weighted by Gasteiger charge is 2.32. The molecular formula is C17H22N2O. The van der Waals surface area contributed by atoms with Crippen LogP contribution in [0.2, 0.25) is 0 Å². The standard InChI is InChI=1S/C17H22N2O/c1-12(13-7-8-13)19(2)17(20)10-9-14-11-18-16-6-4-3-5-15(14)16/h3-6,11-13,18H,7-10H2,1-2H3. The van der Waals surface area contributed by atoms with Crippen LogP contribution in [-0.4, -0.2) is 28.9 Å². The molecule has 1 aliphatic rings. The number of rotatable bonds is 5. The number of carbonyl (C=O) groups excluding carboxylic acids is 1. The molecule has 106 valence electrons. The third-order valence-electron chi connectivity index (χ3n) is 4.59. The third-order valence-corrected chi connectivity index (χ3v) is 4.59. The van der Waals surface area contributed by atoms with Crippen LogP contribution in [-0.2, 0) is 11.2 Å². The highest BCUT2D eigenvalue weighted by atomic mass is 16.2. The average molecular weight is 270 g/mol. The number of benzene rings is 1. The van der Waals surface area contributed by atoms with E-state index in [1.54, 1.807) is 0 Å². The van der Waals surface area contributed by atoms with E-state index in [9.17, 15) is 4.79 Å². The van der Waals surface area contributed by atoms with Crippen molar-refractivity contribution in [2.75, 3.05) is 7.05 Å². The Labute approximate surface area is 120 Å². The Bertz CT molecular complexity index is 612. The number of amides is 1. The summed E-state index contributed by atoms with van der Waals surface area (Å²) in [6.07, 6.45) is 5.99.